The Labute approximate surface area is 112 Å². The summed E-state index contributed by atoms with van der Waals surface area (Å²) in [6.07, 6.45) is 2.15. The van der Waals surface area contributed by atoms with Crippen molar-refractivity contribution in [3.05, 3.63) is 34.9 Å². The summed E-state index contributed by atoms with van der Waals surface area (Å²) in [4.78, 5) is 11.7. The van der Waals surface area contributed by atoms with Gasteiger partial charge in [-0.3, -0.25) is 0 Å². The summed E-state index contributed by atoms with van der Waals surface area (Å²) in [6, 6.07) is 7.60. The van der Waals surface area contributed by atoms with E-state index in [0.717, 1.165) is 31.5 Å². The maximum absolute atomic E-state index is 11.7. The summed E-state index contributed by atoms with van der Waals surface area (Å²) in [5.74, 6) is 0. The van der Waals surface area contributed by atoms with E-state index >= 15 is 0 Å². The number of halogens is 1. The lowest BCUT2D eigenvalue weighted by Gasteiger charge is -2.23. The molecule has 1 heterocycles. The molecule has 2 amide bonds. The van der Waals surface area contributed by atoms with Crippen LogP contribution >= 0.6 is 11.6 Å². The lowest BCUT2D eigenvalue weighted by Crippen LogP contribution is -2.48. The smallest absolute Gasteiger partial charge is 0.315 e. The first-order valence-corrected chi connectivity index (χ1v) is 6.61. The summed E-state index contributed by atoms with van der Waals surface area (Å²) in [5, 5.41) is 9.74. The van der Waals surface area contributed by atoms with Crippen molar-refractivity contribution in [2.24, 2.45) is 0 Å². The molecule has 3 N–H and O–H groups in total. The van der Waals surface area contributed by atoms with Crippen molar-refractivity contribution in [2.45, 2.75) is 25.4 Å². The van der Waals surface area contributed by atoms with Crippen molar-refractivity contribution in [1.29, 1.82) is 0 Å². The van der Waals surface area contributed by atoms with E-state index in [9.17, 15) is 4.79 Å². The second kappa shape index (κ2) is 6.61. The van der Waals surface area contributed by atoms with Gasteiger partial charge in [-0.2, -0.15) is 0 Å². The molecular weight excluding hydrogens is 250 g/mol. The molecule has 1 aliphatic heterocycles. The van der Waals surface area contributed by atoms with E-state index in [4.69, 9.17) is 11.6 Å². The number of rotatable bonds is 3. The van der Waals surface area contributed by atoms with Gasteiger partial charge in [0.1, 0.15) is 0 Å². The van der Waals surface area contributed by atoms with Crippen LogP contribution in [0.3, 0.4) is 0 Å². The van der Waals surface area contributed by atoms with Crippen LogP contribution in [0, 0.1) is 0 Å². The van der Waals surface area contributed by atoms with Crippen molar-refractivity contribution in [2.75, 3.05) is 13.1 Å². The summed E-state index contributed by atoms with van der Waals surface area (Å²) in [6.45, 7) is 2.39. The highest BCUT2D eigenvalue weighted by molar-refractivity contribution is 6.30. The lowest BCUT2D eigenvalue weighted by molar-refractivity contribution is 0.233. The van der Waals surface area contributed by atoms with Gasteiger partial charge in [-0.15, -0.1) is 0 Å². The number of hydrogen-bond donors (Lipinski definition) is 3. The van der Waals surface area contributed by atoms with E-state index in [0.29, 0.717) is 11.6 Å². The number of nitrogens with one attached hydrogen (secondary N) is 3. The number of carbonyl (C=O) groups excluding carboxylic acids is 1. The van der Waals surface area contributed by atoms with Gasteiger partial charge in [0, 0.05) is 24.2 Å². The van der Waals surface area contributed by atoms with Gasteiger partial charge in [0.2, 0.25) is 0 Å². The predicted octanol–water partition coefficient (Wildman–Crippen LogP) is 1.89. The Hall–Kier alpha value is -1.26. The molecule has 1 atom stereocenters. The summed E-state index contributed by atoms with van der Waals surface area (Å²) < 4.78 is 0. The molecule has 98 valence electrons. The highest BCUT2D eigenvalue weighted by atomic mass is 35.5. The van der Waals surface area contributed by atoms with Gasteiger partial charge >= 0.3 is 6.03 Å². The Bertz CT molecular complexity index is 405. The molecule has 18 heavy (non-hydrogen) atoms. The van der Waals surface area contributed by atoms with Crippen LogP contribution in [0.2, 0.25) is 5.02 Å². The van der Waals surface area contributed by atoms with Crippen LogP contribution in [-0.2, 0) is 6.54 Å². The van der Waals surface area contributed by atoms with Gasteiger partial charge in [0.25, 0.3) is 0 Å². The summed E-state index contributed by atoms with van der Waals surface area (Å²) in [7, 11) is 0. The molecule has 0 aromatic heterocycles. The summed E-state index contributed by atoms with van der Waals surface area (Å²) >= 11 is 5.88. The van der Waals surface area contributed by atoms with Crippen molar-refractivity contribution in [3.8, 4) is 0 Å². The number of piperidine rings is 1. The first kappa shape index (κ1) is 13.2. The molecule has 5 heteroatoms. The largest absolute Gasteiger partial charge is 0.334 e. The van der Waals surface area contributed by atoms with E-state index in [-0.39, 0.29) is 12.1 Å². The lowest BCUT2D eigenvalue weighted by atomic mass is 10.1. The van der Waals surface area contributed by atoms with Crippen molar-refractivity contribution < 1.29 is 4.79 Å². The number of carbonyl (C=O) groups is 1. The van der Waals surface area contributed by atoms with Crippen LogP contribution in [0.4, 0.5) is 4.79 Å². The van der Waals surface area contributed by atoms with E-state index < -0.39 is 0 Å². The molecule has 4 nitrogen and oxygen atoms in total. The first-order chi connectivity index (χ1) is 8.74. The fraction of sp³-hybridized carbons (Fsp3) is 0.462. The zero-order valence-electron chi connectivity index (χ0n) is 10.2. The second-order valence-electron chi connectivity index (χ2n) is 4.50. The predicted molar refractivity (Wildman–Crippen MR) is 72.7 cm³/mol. The standard InChI is InChI=1S/C13H18ClN3O/c14-11-4-1-3-10(7-11)8-16-13(18)17-12-5-2-6-15-9-12/h1,3-4,7,12,15H,2,5-6,8-9H2,(H2,16,17,18). The Kier molecular flexibility index (Phi) is 4.84. The van der Waals surface area contributed by atoms with Crippen LogP contribution in [0.5, 0.6) is 0 Å². The van der Waals surface area contributed by atoms with Crippen LogP contribution in [-0.4, -0.2) is 25.2 Å². The maximum Gasteiger partial charge on any atom is 0.315 e. The third kappa shape index (κ3) is 4.20. The molecular formula is C13H18ClN3O. The number of benzene rings is 1. The molecule has 0 radical (unpaired) electrons. The normalized spacial score (nSPS) is 19.3. The van der Waals surface area contributed by atoms with Crippen LogP contribution < -0.4 is 16.0 Å². The SMILES string of the molecule is O=C(NCc1cccc(Cl)c1)NC1CCCNC1. The van der Waals surface area contributed by atoms with Crippen molar-refractivity contribution in [3.63, 3.8) is 0 Å². The van der Waals surface area contributed by atoms with E-state index in [2.05, 4.69) is 16.0 Å². The molecule has 1 aromatic rings. The third-order valence-corrected chi connectivity index (χ3v) is 3.21. The Balaban J connectivity index is 1.74. The molecule has 1 saturated heterocycles. The minimum absolute atomic E-state index is 0.122. The molecule has 0 aliphatic carbocycles. The van der Waals surface area contributed by atoms with Crippen LogP contribution in [0.15, 0.2) is 24.3 Å². The van der Waals surface area contributed by atoms with Gasteiger partial charge in [0.05, 0.1) is 0 Å². The van der Waals surface area contributed by atoms with Gasteiger partial charge in [-0.25, -0.2) is 4.79 Å². The Morgan fingerprint density at radius 1 is 1.50 bits per heavy atom. The highest BCUT2D eigenvalue weighted by Gasteiger charge is 2.14. The van der Waals surface area contributed by atoms with E-state index in [1.165, 1.54) is 0 Å². The molecule has 0 saturated carbocycles. The van der Waals surface area contributed by atoms with E-state index in [1.807, 2.05) is 24.3 Å². The zero-order chi connectivity index (χ0) is 12.8. The zero-order valence-corrected chi connectivity index (χ0v) is 11.0. The molecule has 2 rings (SSSR count). The molecule has 1 aromatic carbocycles. The highest BCUT2D eigenvalue weighted by Crippen LogP contribution is 2.10. The maximum atomic E-state index is 11.7. The topological polar surface area (TPSA) is 53.2 Å². The molecule has 0 spiro atoms. The number of urea groups is 1. The average molecular weight is 268 g/mol. The minimum atomic E-state index is -0.122. The second-order valence-corrected chi connectivity index (χ2v) is 4.94. The first-order valence-electron chi connectivity index (χ1n) is 6.23. The molecule has 1 fully saturated rings. The van der Waals surface area contributed by atoms with Gasteiger partial charge < -0.3 is 16.0 Å². The molecule has 0 bridgehead atoms. The Morgan fingerprint density at radius 2 is 2.39 bits per heavy atom. The third-order valence-electron chi connectivity index (χ3n) is 2.97. The fourth-order valence-corrected chi connectivity index (χ4v) is 2.25. The van der Waals surface area contributed by atoms with Crippen molar-refractivity contribution in [1.82, 2.24) is 16.0 Å². The Morgan fingerprint density at radius 3 is 3.11 bits per heavy atom. The van der Waals surface area contributed by atoms with Gasteiger partial charge in [-0.1, -0.05) is 23.7 Å². The minimum Gasteiger partial charge on any atom is -0.334 e. The average Bonchev–Trinajstić information content (AvgIpc) is 2.38. The monoisotopic (exact) mass is 267 g/mol. The van der Waals surface area contributed by atoms with E-state index in [1.54, 1.807) is 0 Å². The summed E-state index contributed by atoms with van der Waals surface area (Å²) in [5.41, 5.74) is 0.999. The van der Waals surface area contributed by atoms with Crippen LogP contribution in [0.25, 0.3) is 0 Å². The fourth-order valence-electron chi connectivity index (χ4n) is 2.04. The molecule has 1 unspecified atom stereocenters. The van der Waals surface area contributed by atoms with Crippen LogP contribution in [0.1, 0.15) is 18.4 Å². The van der Waals surface area contributed by atoms with Crippen molar-refractivity contribution >= 4 is 17.6 Å². The number of hydrogen-bond acceptors (Lipinski definition) is 2. The molecule has 1 aliphatic rings. The van der Waals surface area contributed by atoms with Gasteiger partial charge in [-0.05, 0) is 37.1 Å². The van der Waals surface area contributed by atoms with Gasteiger partial charge in [0.15, 0.2) is 0 Å². The number of amides is 2. The quantitative estimate of drug-likeness (QED) is 0.783.